The quantitative estimate of drug-likeness (QED) is 0.848. The van der Waals surface area contributed by atoms with Gasteiger partial charge in [0.15, 0.2) is 0 Å². The predicted molar refractivity (Wildman–Crippen MR) is 86.6 cm³/mol. The second kappa shape index (κ2) is 5.14. The third kappa shape index (κ3) is 2.07. The Balaban J connectivity index is 1.50. The Morgan fingerprint density at radius 1 is 1.20 bits per heavy atom. The molecule has 0 heterocycles. The first-order chi connectivity index (χ1) is 9.79. The van der Waals surface area contributed by atoms with Gasteiger partial charge >= 0.3 is 0 Å². The van der Waals surface area contributed by atoms with Gasteiger partial charge in [-0.05, 0) is 73.4 Å². The minimum Gasteiger partial charge on any atom is -0.314 e. The normalized spacial score (nSPS) is 38.8. The van der Waals surface area contributed by atoms with Crippen LogP contribution >= 0.6 is 15.9 Å². The van der Waals surface area contributed by atoms with Crippen molar-refractivity contribution in [3.8, 4) is 0 Å². The summed E-state index contributed by atoms with van der Waals surface area (Å²) in [6.45, 7) is 3.35. The fraction of sp³-hybridized carbons (Fsp3) is 0.667. The van der Waals surface area contributed by atoms with E-state index in [1.54, 1.807) is 6.42 Å². The monoisotopic (exact) mass is 333 g/mol. The highest BCUT2D eigenvalue weighted by molar-refractivity contribution is 9.10. The number of fused-ring (bicyclic) bond motifs is 5. The number of rotatable bonds is 5. The molecular weight excluding hydrogens is 310 g/mol. The van der Waals surface area contributed by atoms with Crippen LogP contribution in [0.2, 0.25) is 0 Å². The maximum atomic E-state index is 3.80. The summed E-state index contributed by atoms with van der Waals surface area (Å²) in [6.07, 6.45) is 5.79. The van der Waals surface area contributed by atoms with Crippen LogP contribution in [-0.2, 0) is 6.42 Å². The second-order valence-electron chi connectivity index (χ2n) is 7.02. The van der Waals surface area contributed by atoms with Gasteiger partial charge in [-0.2, -0.15) is 0 Å². The van der Waals surface area contributed by atoms with Crippen molar-refractivity contribution < 1.29 is 0 Å². The number of hydrogen-bond acceptors (Lipinski definition) is 1. The minimum atomic E-state index is 0.692. The van der Waals surface area contributed by atoms with Crippen molar-refractivity contribution in [2.75, 3.05) is 6.54 Å². The summed E-state index contributed by atoms with van der Waals surface area (Å²) in [7, 11) is 0. The van der Waals surface area contributed by atoms with Crippen LogP contribution in [-0.4, -0.2) is 12.6 Å². The van der Waals surface area contributed by atoms with Crippen molar-refractivity contribution in [1.82, 2.24) is 5.32 Å². The standard InChI is InChI=1S/C18H24BrN/c1-2-20-15(10-11-5-3-4-6-14(11)19)18-16-12-7-8-13(9-12)17(16)18/h3-6,12-13,15-18,20H,2,7-10H2,1H3. The Kier molecular flexibility index (Phi) is 3.42. The molecule has 0 radical (unpaired) electrons. The number of likely N-dealkylation sites (N-methyl/N-ethyl adjacent to an activating group) is 1. The molecular formula is C18H24BrN. The molecule has 1 N–H and O–H groups in total. The molecule has 0 aliphatic heterocycles. The maximum absolute atomic E-state index is 3.80. The molecule has 0 saturated heterocycles. The van der Waals surface area contributed by atoms with Gasteiger partial charge in [0, 0.05) is 10.5 Å². The van der Waals surface area contributed by atoms with Crippen LogP contribution in [0, 0.1) is 29.6 Å². The zero-order chi connectivity index (χ0) is 13.7. The van der Waals surface area contributed by atoms with E-state index < -0.39 is 0 Å². The maximum Gasteiger partial charge on any atom is 0.0207 e. The third-order valence-electron chi connectivity index (χ3n) is 6.12. The van der Waals surface area contributed by atoms with E-state index in [1.807, 2.05) is 0 Å². The molecule has 3 saturated carbocycles. The zero-order valence-electron chi connectivity index (χ0n) is 12.2. The third-order valence-corrected chi connectivity index (χ3v) is 6.90. The van der Waals surface area contributed by atoms with Gasteiger partial charge in [0.25, 0.3) is 0 Å². The highest BCUT2D eigenvalue weighted by Gasteiger charge is 2.66. The molecule has 3 fully saturated rings. The van der Waals surface area contributed by atoms with Crippen molar-refractivity contribution in [1.29, 1.82) is 0 Å². The second-order valence-corrected chi connectivity index (χ2v) is 7.88. The van der Waals surface area contributed by atoms with Gasteiger partial charge in [-0.15, -0.1) is 0 Å². The van der Waals surface area contributed by atoms with Gasteiger partial charge in [0.2, 0.25) is 0 Å². The fourth-order valence-corrected chi connectivity index (χ4v) is 5.88. The minimum absolute atomic E-state index is 0.692. The van der Waals surface area contributed by atoms with E-state index >= 15 is 0 Å². The predicted octanol–water partition coefficient (Wildman–Crippen LogP) is 4.26. The van der Waals surface area contributed by atoms with Crippen molar-refractivity contribution in [2.45, 2.75) is 38.6 Å². The highest BCUT2D eigenvalue weighted by Crippen LogP contribution is 2.70. The molecule has 3 aliphatic carbocycles. The molecule has 1 aromatic rings. The van der Waals surface area contributed by atoms with Crippen LogP contribution in [0.5, 0.6) is 0 Å². The van der Waals surface area contributed by atoms with Gasteiger partial charge in [0.05, 0.1) is 0 Å². The summed E-state index contributed by atoms with van der Waals surface area (Å²) in [5.74, 6) is 5.26. The summed E-state index contributed by atoms with van der Waals surface area (Å²) in [5, 5.41) is 3.80. The molecule has 2 bridgehead atoms. The zero-order valence-corrected chi connectivity index (χ0v) is 13.8. The average molecular weight is 334 g/mol. The summed E-state index contributed by atoms with van der Waals surface area (Å²) in [6, 6.07) is 9.43. The SMILES string of the molecule is CCNC(Cc1ccccc1Br)C1C2C3CCC(C3)C21. The summed E-state index contributed by atoms with van der Waals surface area (Å²) in [5.41, 5.74) is 1.47. The Morgan fingerprint density at radius 2 is 1.90 bits per heavy atom. The first kappa shape index (κ1) is 13.3. The Labute approximate surface area is 130 Å². The highest BCUT2D eigenvalue weighted by atomic mass is 79.9. The number of hydrogen-bond donors (Lipinski definition) is 1. The van der Waals surface area contributed by atoms with Gasteiger partial charge in [0.1, 0.15) is 0 Å². The van der Waals surface area contributed by atoms with Crippen LogP contribution in [0.15, 0.2) is 28.7 Å². The first-order valence-electron chi connectivity index (χ1n) is 8.26. The van der Waals surface area contributed by atoms with Crippen molar-refractivity contribution in [3.63, 3.8) is 0 Å². The molecule has 1 nitrogen and oxygen atoms in total. The Morgan fingerprint density at radius 3 is 2.55 bits per heavy atom. The smallest absolute Gasteiger partial charge is 0.0207 e. The van der Waals surface area contributed by atoms with Gasteiger partial charge in [-0.1, -0.05) is 41.1 Å². The Bertz CT molecular complexity index is 484. The molecule has 4 rings (SSSR count). The number of benzene rings is 1. The summed E-state index contributed by atoms with van der Waals surface area (Å²) >= 11 is 3.71. The molecule has 5 unspecified atom stereocenters. The largest absolute Gasteiger partial charge is 0.314 e. The van der Waals surface area contributed by atoms with Gasteiger partial charge in [-0.3, -0.25) is 0 Å². The summed E-state index contributed by atoms with van der Waals surface area (Å²) in [4.78, 5) is 0. The lowest BCUT2D eigenvalue weighted by atomic mass is 9.93. The average Bonchev–Trinajstić information content (AvgIpc) is 2.88. The van der Waals surface area contributed by atoms with Crippen LogP contribution in [0.3, 0.4) is 0 Å². The summed E-state index contributed by atoms with van der Waals surface area (Å²) < 4.78 is 1.27. The van der Waals surface area contributed by atoms with Crippen LogP contribution in [0.25, 0.3) is 0 Å². The van der Waals surface area contributed by atoms with Gasteiger partial charge in [-0.25, -0.2) is 0 Å². The van der Waals surface area contributed by atoms with E-state index in [9.17, 15) is 0 Å². The lowest BCUT2D eigenvalue weighted by molar-refractivity contribution is 0.365. The van der Waals surface area contributed by atoms with E-state index in [1.165, 1.54) is 29.3 Å². The topological polar surface area (TPSA) is 12.0 Å². The number of nitrogens with one attached hydrogen (secondary N) is 1. The van der Waals surface area contributed by atoms with E-state index in [0.717, 1.165) is 36.1 Å². The van der Waals surface area contributed by atoms with E-state index in [-0.39, 0.29) is 0 Å². The van der Waals surface area contributed by atoms with Crippen molar-refractivity contribution in [2.24, 2.45) is 29.6 Å². The molecule has 2 heteroatoms. The molecule has 0 spiro atoms. The Hall–Kier alpha value is -0.340. The molecule has 1 aromatic carbocycles. The van der Waals surface area contributed by atoms with Crippen molar-refractivity contribution >= 4 is 15.9 Å². The molecule has 0 amide bonds. The van der Waals surface area contributed by atoms with Crippen molar-refractivity contribution in [3.05, 3.63) is 34.3 Å². The number of halogens is 1. The molecule has 108 valence electrons. The van der Waals surface area contributed by atoms with Crippen LogP contribution < -0.4 is 5.32 Å². The molecule has 5 atom stereocenters. The molecule has 20 heavy (non-hydrogen) atoms. The molecule has 3 aliphatic rings. The fourth-order valence-electron chi connectivity index (χ4n) is 5.44. The van der Waals surface area contributed by atoms with Crippen LogP contribution in [0.1, 0.15) is 31.7 Å². The first-order valence-corrected chi connectivity index (χ1v) is 9.05. The lowest BCUT2D eigenvalue weighted by Crippen LogP contribution is -2.35. The lowest BCUT2D eigenvalue weighted by Gasteiger charge is -2.22. The van der Waals surface area contributed by atoms with Crippen LogP contribution in [0.4, 0.5) is 0 Å². The van der Waals surface area contributed by atoms with E-state index in [2.05, 4.69) is 52.4 Å². The molecule has 0 aromatic heterocycles. The van der Waals surface area contributed by atoms with E-state index in [4.69, 9.17) is 0 Å². The van der Waals surface area contributed by atoms with Gasteiger partial charge < -0.3 is 5.32 Å². The van der Waals surface area contributed by atoms with E-state index in [0.29, 0.717) is 6.04 Å².